The van der Waals surface area contributed by atoms with Crippen molar-refractivity contribution in [3.05, 3.63) is 145 Å². The third kappa shape index (κ3) is 5.02. The molecule has 0 atom stereocenters. The molecule has 8 rings (SSSR count). The summed E-state index contributed by atoms with van der Waals surface area (Å²) in [6.07, 6.45) is 0. The van der Waals surface area contributed by atoms with Gasteiger partial charge in [-0.2, -0.15) is 0 Å². The number of hydrogen-bond acceptors (Lipinski definition) is 1. The Morgan fingerprint density at radius 2 is 0.830 bits per heavy atom. The molecule has 0 fully saturated rings. The zero-order valence-corrected chi connectivity index (χ0v) is 28.1. The van der Waals surface area contributed by atoms with E-state index in [9.17, 15) is 0 Å². The molecule has 7 aromatic carbocycles. The Balaban J connectivity index is 1.38. The number of furan rings is 1. The first kappa shape index (κ1) is 29.3. The summed E-state index contributed by atoms with van der Waals surface area (Å²) in [5.41, 5.74) is 12.1. The van der Waals surface area contributed by atoms with Crippen LogP contribution in [0.1, 0.15) is 52.7 Å². The molecule has 1 aromatic heterocycles. The molecule has 0 aliphatic carbocycles. The van der Waals surface area contributed by atoms with E-state index in [0.717, 1.165) is 21.9 Å². The molecule has 0 spiro atoms. The van der Waals surface area contributed by atoms with Crippen LogP contribution in [0.3, 0.4) is 0 Å². The van der Waals surface area contributed by atoms with Gasteiger partial charge in [-0.05, 0) is 107 Å². The third-order valence-corrected chi connectivity index (χ3v) is 9.79. The van der Waals surface area contributed by atoms with Crippen LogP contribution in [0.2, 0.25) is 0 Å². The lowest BCUT2D eigenvalue weighted by molar-refractivity contribution is 0.590. The molecule has 0 amide bonds. The van der Waals surface area contributed by atoms with Crippen molar-refractivity contribution in [3.8, 4) is 33.4 Å². The van der Waals surface area contributed by atoms with Gasteiger partial charge in [0.05, 0.1) is 0 Å². The summed E-state index contributed by atoms with van der Waals surface area (Å²) in [6, 6.07) is 49.2. The normalized spacial score (nSPS) is 12.5. The average molecular weight is 609 g/mol. The van der Waals surface area contributed by atoms with Gasteiger partial charge in [-0.1, -0.05) is 145 Å². The Morgan fingerprint density at radius 1 is 0.340 bits per heavy atom. The topological polar surface area (TPSA) is 13.1 Å². The van der Waals surface area contributed by atoms with Crippen molar-refractivity contribution in [2.75, 3.05) is 0 Å². The van der Waals surface area contributed by atoms with Gasteiger partial charge in [0.15, 0.2) is 0 Å². The minimum atomic E-state index is 0.0309. The lowest BCUT2D eigenvalue weighted by atomic mass is 9.79. The van der Waals surface area contributed by atoms with Crippen molar-refractivity contribution in [3.63, 3.8) is 0 Å². The predicted molar refractivity (Wildman–Crippen MR) is 202 cm³/mol. The van der Waals surface area contributed by atoms with Gasteiger partial charge in [-0.3, -0.25) is 0 Å². The summed E-state index contributed by atoms with van der Waals surface area (Å²) in [5, 5.41) is 7.48. The van der Waals surface area contributed by atoms with Crippen LogP contribution >= 0.6 is 0 Å². The van der Waals surface area contributed by atoms with Gasteiger partial charge in [0.2, 0.25) is 0 Å². The molecule has 0 aliphatic heterocycles. The number of hydrogen-bond donors (Lipinski definition) is 0. The molecule has 0 saturated carbocycles. The lowest BCUT2D eigenvalue weighted by Crippen LogP contribution is -2.11. The summed E-state index contributed by atoms with van der Waals surface area (Å²) in [5.74, 6) is 0. The van der Waals surface area contributed by atoms with Crippen LogP contribution in [0.4, 0.5) is 0 Å². The van der Waals surface area contributed by atoms with Crippen molar-refractivity contribution in [1.29, 1.82) is 0 Å². The van der Waals surface area contributed by atoms with Crippen LogP contribution in [-0.2, 0) is 10.8 Å². The van der Waals surface area contributed by atoms with Gasteiger partial charge in [0.1, 0.15) is 11.2 Å². The Kier molecular flexibility index (Phi) is 6.67. The molecule has 0 radical (unpaired) electrons. The maximum Gasteiger partial charge on any atom is 0.135 e. The molecule has 0 bridgehead atoms. The van der Waals surface area contributed by atoms with E-state index in [-0.39, 0.29) is 10.8 Å². The van der Waals surface area contributed by atoms with E-state index in [1.165, 1.54) is 66.1 Å². The van der Waals surface area contributed by atoms with E-state index in [4.69, 9.17) is 4.42 Å². The van der Waals surface area contributed by atoms with E-state index >= 15 is 0 Å². The van der Waals surface area contributed by atoms with Gasteiger partial charge in [-0.15, -0.1) is 0 Å². The molecule has 0 saturated heterocycles. The summed E-state index contributed by atoms with van der Waals surface area (Å²) in [4.78, 5) is 0. The number of para-hydroxylation sites is 1. The Labute approximate surface area is 277 Å². The van der Waals surface area contributed by atoms with Crippen molar-refractivity contribution in [1.82, 2.24) is 0 Å². The van der Waals surface area contributed by atoms with E-state index in [2.05, 4.69) is 163 Å². The molecule has 0 unspecified atom stereocenters. The monoisotopic (exact) mass is 608 g/mol. The van der Waals surface area contributed by atoms with E-state index in [1.807, 2.05) is 12.1 Å². The maximum absolute atomic E-state index is 6.11. The van der Waals surface area contributed by atoms with Gasteiger partial charge in [0, 0.05) is 10.8 Å². The standard InChI is InChI=1S/C46H40O/c1-45(2,3)33-22-24-37-39(27-33)43(30-12-8-7-9-13-30)36-23-21-34(46(4,5)6)28-40(36)44(37)31-18-16-29(17-19-31)32-20-25-42-38(26-32)35-14-10-11-15-41(35)47-42/h7-28H,1-6H3. The van der Waals surface area contributed by atoms with Crippen molar-refractivity contribution >= 4 is 43.5 Å². The van der Waals surface area contributed by atoms with E-state index < -0.39 is 0 Å². The quantitative estimate of drug-likeness (QED) is 0.182. The third-order valence-electron chi connectivity index (χ3n) is 9.79. The Hall–Kier alpha value is -5.14. The highest BCUT2D eigenvalue weighted by Crippen LogP contribution is 2.46. The second-order valence-electron chi connectivity index (χ2n) is 15.0. The summed E-state index contributed by atoms with van der Waals surface area (Å²) >= 11 is 0. The first-order chi connectivity index (χ1) is 22.6. The highest BCUT2D eigenvalue weighted by molar-refractivity contribution is 6.21. The summed E-state index contributed by atoms with van der Waals surface area (Å²) in [7, 11) is 0. The molecule has 8 aromatic rings. The van der Waals surface area contributed by atoms with Gasteiger partial charge < -0.3 is 4.42 Å². The minimum absolute atomic E-state index is 0.0309. The highest BCUT2D eigenvalue weighted by Gasteiger charge is 2.22. The smallest absolute Gasteiger partial charge is 0.135 e. The second-order valence-corrected chi connectivity index (χ2v) is 15.0. The van der Waals surface area contributed by atoms with Crippen molar-refractivity contribution in [2.45, 2.75) is 52.4 Å². The molecular weight excluding hydrogens is 569 g/mol. The number of rotatable bonds is 3. The molecule has 230 valence electrons. The van der Waals surface area contributed by atoms with Gasteiger partial charge in [-0.25, -0.2) is 0 Å². The molecular formula is C46H40O. The van der Waals surface area contributed by atoms with Crippen LogP contribution in [0.5, 0.6) is 0 Å². The number of benzene rings is 7. The molecule has 0 aliphatic rings. The molecule has 1 heteroatoms. The largest absolute Gasteiger partial charge is 0.456 e. The summed E-state index contributed by atoms with van der Waals surface area (Å²) in [6.45, 7) is 13.8. The summed E-state index contributed by atoms with van der Waals surface area (Å²) < 4.78 is 6.11. The molecule has 47 heavy (non-hydrogen) atoms. The molecule has 1 heterocycles. The van der Waals surface area contributed by atoms with Crippen LogP contribution in [0, 0.1) is 0 Å². The SMILES string of the molecule is CC(C)(C)c1ccc2c(-c3ccc(-c4ccc5oc6ccccc6c5c4)cc3)c3cc(C(C)(C)C)ccc3c(-c3ccccc3)c2c1. The number of fused-ring (bicyclic) bond motifs is 5. The average Bonchev–Trinajstić information content (AvgIpc) is 3.44. The van der Waals surface area contributed by atoms with Gasteiger partial charge >= 0.3 is 0 Å². The van der Waals surface area contributed by atoms with Crippen molar-refractivity contribution in [2.24, 2.45) is 0 Å². The van der Waals surface area contributed by atoms with Crippen molar-refractivity contribution < 1.29 is 4.42 Å². The van der Waals surface area contributed by atoms with E-state index in [1.54, 1.807) is 0 Å². The fourth-order valence-corrected chi connectivity index (χ4v) is 7.12. The lowest BCUT2D eigenvalue weighted by Gasteiger charge is -2.25. The predicted octanol–water partition coefficient (Wildman–Crippen LogP) is 13.5. The van der Waals surface area contributed by atoms with Crippen LogP contribution in [0.25, 0.3) is 76.9 Å². The fraction of sp³-hybridized carbons (Fsp3) is 0.174. The maximum atomic E-state index is 6.11. The zero-order valence-electron chi connectivity index (χ0n) is 28.1. The Bertz CT molecular complexity index is 2440. The second kappa shape index (κ2) is 10.7. The van der Waals surface area contributed by atoms with E-state index in [0.29, 0.717) is 0 Å². The van der Waals surface area contributed by atoms with Crippen LogP contribution < -0.4 is 0 Å². The minimum Gasteiger partial charge on any atom is -0.456 e. The fourth-order valence-electron chi connectivity index (χ4n) is 7.12. The van der Waals surface area contributed by atoms with Crippen LogP contribution in [0.15, 0.2) is 138 Å². The highest BCUT2D eigenvalue weighted by atomic mass is 16.3. The van der Waals surface area contributed by atoms with Crippen LogP contribution in [-0.4, -0.2) is 0 Å². The molecule has 0 N–H and O–H groups in total. The molecule has 1 nitrogen and oxygen atoms in total. The van der Waals surface area contributed by atoms with Gasteiger partial charge in [0.25, 0.3) is 0 Å². The Morgan fingerprint density at radius 3 is 1.43 bits per heavy atom. The first-order valence-corrected chi connectivity index (χ1v) is 16.7. The zero-order chi connectivity index (χ0) is 32.5. The first-order valence-electron chi connectivity index (χ1n) is 16.7.